The molecule has 4 rings (SSSR count). The van der Waals surface area contributed by atoms with E-state index in [1.807, 2.05) is 0 Å². The van der Waals surface area contributed by atoms with Crippen LogP contribution in [0.15, 0.2) is 18.2 Å². The zero-order chi connectivity index (χ0) is 13.7. The van der Waals surface area contributed by atoms with Gasteiger partial charge < -0.3 is 9.80 Å². The summed E-state index contributed by atoms with van der Waals surface area (Å²) in [5.41, 5.74) is 3.15. The predicted octanol–water partition coefficient (Wildman–Crippen LogP) is 3.53. The normalized spacial score (nSPS) is 32.7. The second-order valence-corrected chi connectivity index (χ2v) is 7.15. The molecule has 3 aliphatic rings. The third-order valence-corrected chi connectivity index (χ3v) is 5.94. The first-order chi connectivity index (χ1) is 9.73. The van der Waals surface area contributed by atoms with E-state index in [2.05, 4.69) is 34.9 Å². The molecule has 2 aliphatic heterocycles. The molecule has 0 spiro atoms. The Morgan fingerprint density at radius 2 is 2.10 bits per heavy atom. The Bertz CT molecular complexity index is 524. The van der Waals surface area contributed by atoms with Gasteiger partial charge in [-0.1, -0.05) is 24.6 Å². The molecule has 0 bridgehead atoms. The number of hydrogen-bond acceptors (Lipinski definition) is 2. The Balaban J connectivity index is 1.60. The van der Waals surface area contributed by atoms with Crippen LogP contribution >= 0.6 is 11.6 Å². The molecule has 2 saturated heterocycles. The van der Waals surface area contributed by atoms with Gasteiger partial charge in [-0.25, -0.2) is 0 Å². The van der Waals surface area contributed by atoms with Crippen LogP contribution in [-0.2, 0) is 5.41 Å². The number of benzene rings is 1. The van der Waals surface area contributed by atoms with Crippen LogP contribution in [0.4, 0.5) is 5.69 Å². The Labute approximate surface area is 126 Å². The van der Waals surface area contributed by atoms with E-state index < -0.39 is 0 Å². The topological polar surface area (TPSA) is 6.48 Å². The van der Waals surface area contributed by atoms with Crippen LogP contribution in [0, 0.1) is 5.92 Å². The number of nitrogens with zero attached hydrogens (tertiary/aromatic N) is 2. The summed E-state index contributed by atoms with van der Waals surface area (Å²) in [6, 6.07) is 6.87. The van der Waals surface area contributed by atoms with Gasteiger partial charge in [-0.15, -0.1) is 0 Å². The van der Waals surface area contributed by atoms with Gasteiger partial charge in [-0.2, -0.15) is 0 Å². The van der Waals surface area contributed by atoms with Crippen LogP contribution in [0.1, 0.15) is 31.7 Å². The zero-order valence-corrected chi connectivity index (χ0v) is 13.0. The summed E-state index contributed by atoms with van der Waals surface area (Å²) in [5, 5.41) is 0.958. The standard InChI is InChI=1S/C17H23ClN2/c1-2-19-11-14-10-17(14,12-19)13-5-6-16(15(18)9-13)20-7-3-4-8-20/h5-6,9,14H,2-4,7-8,10-12H2,1H3. The molecule has 3 fully saturated rings. The Morgan fingerprint density at radius 1 is 1.30 bits per heavy atom. The van der Waals surface area contributed by atoms with Crippen molar-refractivity contribution in [3.63, 3.8) is 0 Å². The van der Waals surface area contributed by atoms with Gasteiger partial charge >= 0.3 is 0 Å². The van der Waals surface area contributed by atoms with Crippen molar-refractivity contribution in [2.75, 3.05) is 37.6 Å². The number of fused-ring (bicyclic) bond motifs is 1. The van der Waals surface area contributed by atoms with Crippen LogP contribution < -0.4 is 4.90 Å². The molecular formula is C17H23ClN2. The molecular weight excluding hydrogens is 268 g/mol. The molecule has 0 N–H and O–H groups in total. The van der Waals surface area contributed by atoms with E-state index >= 15 is 0 Å². The van der Waals surface area contributed by atoms with Gasteiger partial charge in [0.15, 0.2) is 0 Å². The third-order valence-electron chi connectivity index (χ3n) is 5.63. The molecule has 2 heterocycles. The lowest BCUT2D eigenvalue weighted by atomic mass is 9.94. The van der Waals surface area contributed by atoms with Gasteiger partial charge in [0.05, 0.1) is 10.7 Å². The van der Waals surface area contributed by atoms with Crippen molar-refractivity contribution < 1.29 is 0 Å². The smallest absolute Gasteiger partial charge is 0.0642 e. The van der Waals surface area contributed by atoms with E-state index in [1.165, 1.54) is 50.1 Å². The maximum Gasteiger partial charge on any atom is 0.0642 e. The van der Waals surface area contributed by atoms with E-state index in [9.17, 15) is 0 Å². The SMILES string of the molecule is CCN1CC2CC2(c2ccc(N3CCCC3)c(Cl)c2)C1. The molecule has 1 saturated carbocycles. The average Bonchev–Trinajstić information content (AvgIpc) is 2.86. The summed E-state index contributed by atoms with van der Waals surface area (Å²) < 4.78 is 0. The largest absolute Gasteiger partial charge is 0.370 e. The summed E-state index contributed by atoms with van der Waals surface area (Å²) in [5.74, 6) is 0.871. The highest BCUT2D eigenvalue weighted by Gasteiger charge is 2.60. The van der Waals surface area contributed by atoms with Gasteiger partial charge in [0.1, 0.15) is 0 Å². The van der Waals surface area contributed by atoms with E-state index in [4.69, 9.17) is 11.6 Å². The minimum Gasteiger partial charge on any atom is -0.370 e. The lowest BCUT2D eigenvalue weighted by Crippen LogP contribution is -2.26. The molecule has 2 nitrogen and oxygen atoms in total. The molecule has 3 heteroatoms. The Hall–Kier alpha value is -0.730. The van der Waals surface area contributed by atoms with E-state index in [1.54, 1.807) is 0 Å². The first-order valence-electron chi connectivity index (χ1n) is 8.00. The van der Waals surface area contributed by atoms with E-state index in [0.717, 1.165) is 24.0 Å². The minimum atomic E-state index is 0.434. The molecule has 1 aromatic carbocycles. The molecule has 0 radical (unpaired) electrons. The highest BCUT2D eigenvalue weighted by Crippen LogP contribution is 2.59. The van der Waals surface area contributed by atoms with Crippen molar-refractivity contribution in [1.82, 2.24) is 4.90 Å². The lowest BCUT2D eigenvalue weighted by Gasteiger charge is -2.22. The molecule has 2 atom stereocenters. The predicted molar refractivity (Wildman–Crippen MR) is 84.8 cm³/mol. The number of anilines is 1. The number of likely N-dealkylation sites (tertiary alicyclic amines) is 1. The maximum atomic E-state index is 6.58. The molecule has 20 heavy (non-hydrogen) atoms. The summed E-state index contributed by atoms with van der Waals surface area (Å²) in [7, 11) is 0. The Kier molecular flexibility index (Phi) is 3.01. The van der Waals surface area contributed by atoms with Crippen LogP contribution in [0.25, 0.3) is 0 Å². The molecule has 1 aliphatic carbocycles. The third kappa shape index (κ3) is 1.88. The fourth-order valence-corrected chi connectivity index (χ4v) is 4.61. The van der Waals surface area contributed by atoms with Gasteiger partial charge in [-0.3, -0.25) is 0 Å². The second kappa shape index (κ2) is 4.64. The van der Waals surface area contributed by atoms with Crippen molar-refractivity contribution in [3.05, 3.63) is 28.8 Å². The number of piperidine rings is 1. The first kappa shape index (κ1) is 13.0. The van der Waals surface area contributed by atoms with Crippen molar-refractivity contribution in [3.8, 4) is 0 Å². The number of halogens is 1. The summed E-state index contributed by atoms with van der Waals surface area (Å²) >= 11 is 6.58. The van der Waals surface area contributed by atoms with Crippen molar-refractivity contribution >= 4 is 17.3 Å². The van der Waals surface area contributed by atoms with Gasteiger partial charge in [0.25, 0.3) is 0 Å². The second-order valence-electron chi connectivity index (χ2n) is 6.75. The number of likely N-dealkylation sites (N-methyl/N-ethyl adjacent to an activating group) is 1. The molecule has 1 aromatic rings. The van der Waals surface area contributed by atoms with Crippen molar-refractivity contribution in [1.29, 1.82) is 0 Å². The summed E-state index contributed by atoms with van der Waals surface area (Å²) in [6.45, 7) is 8.28. The molecule has 108 valence electrons. The maximum absolute atomic E-state index is 6.58. The quantitative estimate of drug-likeness (QED) is 0.840. The van der Waals surface area contributed by atoms with E-state index in [-0.39, 0.29) is 0 Å². The van der Waals surface area contributed by atoms with Crippen molar-refractivity contribution in [2.24, 2.45) is 5.92 Å². The monoisotopic (exact) mass is 290 g/mol. The van der Waals surface area contributed by atoms with Crippen LogP contribution in [0.2, 0.25) is 5.02 Å². The number of hydrogen-bond donors (Lipinski definition) is 0. The van der Waals surface area contributed by atoms with Crippen molar-refractivity contribution in [2.45, 2.75) is 31.6 Å². The number of rotatable bonds is 3. The fraction of sp³-hybridized carbons (Fsp3) is 0.647. The van der Waals surface area contributed by atoms with E-state index in [0.29, 0.717) is 5.41 Å². The summed E-state index contributed by atoms with van der Waals surface area (Å²) in [6.07, 6.45) is 3.97. The lowest BCUT2D eigenvalue weighted by molar-refractivity contribution is 0.314. The molecule has 2 unspecified atom stereocenters. The van der Waals surface area contributed by atoms with Crippen LogP contribution in [-0.4, -0.2) is 37.6 Å². The average molecular weight is 291 g/mol. The highest BCUT2D eigenvalue weighted by molar-refractivity contribution is 6.33. The minimum absolute atomic E-state index is 0.434. The van der Waals surface area contributed by atoms with Crippen LogP contribution in [0.3, 0.4) is 0 Å². The highest BCUT2D eigenvalue weighted by atomic mass is 35.5. The Morgan fingerprint density at radius 3 is 2.75 bits per heavy atom. The summed E-state index contributed by atoms with van der Waals surface area (Å²) in [4.78, 5) is 5.01. The molecule has 0 amide bonds. The van der Waals surface area contributed by atoms with Gasteiger partial charge in [0.2, 0.25) is 0 Å². The first-order valence-corrected chi connectivity index (χ1v) is 8.38. The van der Waals surface area contributed by atoms with Gasteiger partial charge in [0, 0.05) is 31.6 Å². The molecule has 0 aromatic heterocycles. The zero-order valence-electron chi connectivity index (χ0n) is 12.2. The fourth-order valence-electron chi connectivity index (χ4n) is 4.31. The van der Waals surface area contributed by atoms with Gasteiger partial charge in [-0.05, 0) is 49.4 Å². The van der Waals surface area contributed by atoms with Crippen LogP contribution in [0.5, 0.6) is 0 Å².